The number of ether oxygens (including phenoxy) is 2. The fourth-order valence-corrected chi connectivity index (χ4v) is 4.84. The number of nitrogens with zero attached hydrogens (tertiary/aromatic N) is 2. The average molecular weight is 392 g/mol. The molecule has 2 fully saturated rings. The van der Waals surface area contributed by atoms with Crippen LogP contribution in [0, 0.1) is 11.3 Å². The molecule has 1 aromatic carbocycles. The molecule has 1 aromatic rings. The number of hydrogen-bond donors (Lipinski definition) is 0. The van der Waals surface area contributed by atoms with Gasteiger partial charge in [0.05, 0.1) is 17.1 Å². The fraction of sp³-hybridized carbons (Fsp3) is 0.500. The quantitative estimate of drug-likeness (QED) is 0.626. The van der Waals surface area contributed by atoms with Crippen LogP contribution in [0.25, 0.3) is 0 Å². The summed E-state index contributed by atoms with van der Waals surface area (Å²) >= 11 is 0. The number of nitriles is 1. The highest BCUT2D eigenvalue weighted by molar-refractivity contribution is 7.91. The first-order chi connectivity index (χ1) is 12.9. The summed E-state index contributed by atoms with van der Waals surface area (Å²) < 4.78 is 33.6. The second kappa shape index (κ2) is 7.96. The first-order valence-electron chi connectivity index (χ1n) is 8.69. The van der Waals surface area contributed by atoms with Crippen LogP contribution in [0.3, 0.4) is 0 Å². The summed E-state index contributed by atoms with van der Waals surface area (Å²) in [5.41, 5.74) is 0.295. The van der Waals surface area contributed by atoms with Crippen LogP contribution < -0.4 is 4.74 Å². The largest absolute Gasteiger partial charge is 0.481 e. The van der Waals surface area contributed by atoms with Gasteiger partial charge in [-0.15, -0.1) is 0 Å². The molecule has 1 amide bonds. The molecular formula is C18H20N2O6S. The highest BCUT2D eigenvalue weighted by Gasteiger charge is 2.42. The lowest BCUT2D eigenvalue weighted by Gasteiger charge is -2.28. The van der Waals surface area contributed by atoms with E-state index < -0.39 is 29.0 Å². The maximum absolute atomic E-state index is 12.5. The molecule has 1 heterocycles. The van der Waals surface area contributed by atoms with Gasteiger partial charge in [0.2, 0.25) is 0 Å². The highest BCUT2D eigenvalue weighted by atomic mass is 32.2. The van der Waals surface area contributed by atoms with Gasteiger partial charge in [0.15, 0.2) is 23.1 Å². The maximum Gasteiger partial charge on any atom is 0.344 e. The molecule has 2 aliphatic rings. The van der Waals surface area contributed by atoms with Gasteiger partial charge in [0.1, 0.15) is 11.8 Å². The van der Waals surface area contributed by atoms with E-state index in [0.717, 1.165) is 12.8 Å². The van der Waals surface area contributed by atoms with Crippen molar-refractivity contribution in [3.8, 4) is 11.8 Å². The maximum atomic E-state index is 12.5. The normalized spacial score (nSPS) is 20.5. The molecule has 0 radical (unpaired) electrons. The number of para-hydroxylation sites is 1. The number of rotatable bonds is 7. The zero-order chi connectivity index (χ0) is 19.4. The van der Waals surface area contributed by atoms with E-state index in [0.29, 0.717) is 12.0 Å². The van der Waals surface area contributed by atoms with Gasteiger partial charge >= 0.3 is 5.97 Å². The van der Waals surface area contributed by atoms with E-state index >= 15 is 0 Å². The van der Waals surface area contributed by atoms with E-state index in [9.17, 15) is 18.0 Å². The lowest BCUT2D eigenvalue weighted by Crippen LogP contribution is -2.45. The van der Waals surface area contributed by atoms with Crippen molar-refractivity contribution in [2.24, 2.45) is 0 Å². The van der Waals surface area contributed by atoms with Gasteiger partial charge in [-0.25, -0.2) is 13.2 Å². The molecule has 1 saturated heterocycles. The van der Waals surface area contributed by atoms with Crippen LogP contribution in [0.2, 0.25) is 0 Å². The Kier molecular flexibility index (Phi) is 5.65. The van der Waals surface area contributed by atoms with E-state index in [4.69, 9.17) is 14.7 Å². The predicted octanol–water partition coefficient (Wildman–Crippen LogP) is 0.658. The molecule has 0 aromatic heterocycles. The minimum absolute atomic E-state index is 0.0305. The molecule has 1 atom stereocenters. The third kappa shape index (κ3) is 4.98. The van der Waals surface area contributed by atoms with Gasteiger partial charge in [-0.05, 0) is 31.4 Å². The molecule has 9 heteroatoms. The van der Waals surface area contributed by atoms with Crippen molar-refractivity contribution in [1.29, 1.82) is 5.26 Å². The van der Waals surface area contributed by atoms with Crippen LogP contribution >= 0.6 is 0 Å². The molecule has 0 bridgehead atoms. The van der Waals surface area contributed by atoms with Crippen LogP contribution in [0.5, 0.6) is 5.75 Å². The topological polar surface area (TPSA) is 114 Å². The summed E-state index contributed by atoms with van der Waals surface area (Å²) in [5, 5.41) is 8.98. The van der Waals surface area contributed by atoms with Crippen molar-refractivity contribution in [2.45, 2.75) is 31.3 Å². The summed E-state index contributed by atoms with van der Waals surface area (Å²) in [4.78, 5) is 25.9. The minimum atomic E-state index is -3.10. The molecule has 0 N–H and O–H groups in total. The fourth-order valence-electron chi connectivity index (χ4n) is 3.13. The Hall–Kier alpha value is -2.60. The first-order valence-corrected chi connectivity index (χ1v) is 10.5. The third-order valence-corrected chi connectivity index (χ3v) is 6.29. The molecule has 1 aliphatic carbocycles. The van der Waals surface area contributed by atoms with Gasteiger partial charge in [-0.2, -0.15) is 5.26 Å². The highest BCUT2D eigenvalue weighted by Crippen LogP contribution is 2.32. The van der Waals surface area contributed by atoms with E-state index in [2.05, 4.69) is 0 Å². The molecule has 8 nitrogen and oxygen atoms in total. The van der Waals surface area contributed by atoms with Crippen molar-refractivity contribution in [2.75, 3.05) is 24.7 Å². The molecule has 144 valence electrons. The number of carbonyl (C=O) groups excluding carboxylic acids is 2. The van der Waals surface area contributed by atoms with Crippen LogP contribution in [0.15, 0.2) is 24.3 Å². The molecule has 0 unspecified atom stereocenters. The summed E-state index contributed by atoms with van der Waals surface area (Å²) in [6, 6.07) is 8.13. The lowest BCUT2D eigenvalue weighted by atomic mass is 10.2. The molecule has 3 rings (SSSR count). The molecular weight excluding hydrogens is 372 g/mol. The second-order valence-electron chi connectivity index (χ2n) is 6.65. The Balaban J connectivity index is 1.50. The zero-order valence-electron chi connectivity index (χ0n) is 14.7. The van der Waals surface area contributed by atoms with E-state index in [1.165, 1.54) is 0 Å². The van der Waals surface area contributed by atoms with Gasteiger partial charge in [0, 0.05) is 12.1 Å². The number of amides is 1. The number of hydrogen-bond acceptors (Lipinski definition) is 7. The van der Waals surface area contributed by atoms with Crippen LogP contribution in [0.4, 0.5) is 0 Å². The second-order valence-corrected chi connectivity index (χ2v) is 8.88. The van der Waals surface area contributed by atoms with Crippen LogP contribution in [-0.2, 0) is 24.2 Å². The Bertz CT molecular complexity index is 872. The number of carbonyl (C=O) groups is 2. The van der Waals surface area contributed by atoms with Crippen molar-refractivity contribution >= 4 is 21.7 Å². The van der Waals surface area contributed by atoms with Crippen molar-refractivity contribution in [3.05, 3.63) is 29.8 Å². The number of benzene rings is 1. The Morgan fingerprint density at radius 1 is 1.15 bits per heavy atom. The van der Waals surface area contributed by atoms with Crippen molar-refractivity contribution < 1.29 is 27.5 Å². The Morgan fingerprint density at radius 2 is 1.89 bits per heavy atom. The van der Waals surface area contributed by atoms with Crippen LogP contribution in [-0.4, -0.2) is 62.0 Å². The zero-order valence-corrected chi connectivity index (χ0v) is 15.5. The Morgan fingerprint density at radius 3 is 2.52 bits per heavy atom. The minimum Gasteiger partial charge on any atom is -0.481 e. The molecule has 1 aliphatic heterocycles. The Labute approximate surface area is 157 Å². The van der Waals surface area contributed by atoms with Gasteiger partial charge in [-0.1, -0.05) is 12.1 Å². The van der Waals surface area contributed by atoms with Gasteiger partial charge in [0.25, 0.3) is 5.91 Å². The average Bonchev–Trinajstić information content (AvgIpc) is 3.41. The van der Waals surface area contributed by atoms with Crippen molar-refractivity contribution in [3.63, 3.8) is 0 Å². The first kappa shape index (κ1) is 19.2. The van der Waals surface area contributed by atoms with Crippen LogP contribution in [0.1, 0.15) is 24.8 Å². The predicted molar refractivity (Wildman–Crippen MR) is 94.5 cm³/mol. The standard InChI is InChI=1S/C18H20N2O6S/c19-9-13-3-1-2-4-16(13)25-11-18(22)26-10-17(21)20(14-5-6-14)15-7-8-27(23,24)12-15/h1-4,14-15H,5-8,10-12H2/t15-/m1/s1. The van der Waals surface area contributed by atoms with Crippen molar-refractivity contribution in [1.82, 2.24) is 4.90 Å². The molecule has 1 saturated carbocycles. The number of esters is 1. The lowest BCUT2D eigenvalue weighted by molar-refractivity contribution is -0.154. The van der Waals surface area contributed by atoms with E-state index in [1.807, 2.05) is 6.07 Å². The summed E-state index contributed by atoms with van der Waals surface area (Å²) in [6.07, 6.45) is 2.10. The SMILES string of the molecule is N#Cc1ccccc1OCC(=O)OCC(=O)N(C1CC1)[C@@H]1CCS(=O)(=O)C1. The summed E-state index contributed by atoms with van der Waals surface area (Å²) in [5.74, 6) is -0.799. The molecule has 0 spiro atoms. The smallest absolute Gasteiger partial charge is 0.344 e. The summed E-state index contributed by atoms with van der Waals surface area (Å²) in [6.45, 7) is -0.873. The van der Waals surface area contributed by atoms with Gasteiger partial charge in [-0.3, -0.25) is 4.79 Å². The van der Waals surface area contributed by atoms with Gasteiger partial charge < -0.3 is 14.4 Å². The molecule has 27 heavy (non-hydrogen) atoms. The monoisotopic (exact) mass is 392 g/mol. The third-order valence-electron chi connectivity index (χ3n) is 4.54. The summed E-state index contributed by atoms with van der Waals surface area (Å²) in [7, 11) is -3.10. The number of sulfone groups is 1. The van der Waals surface area contributed by atoms with E-state index in [1.54, 1.807) is 29.2 Å². The van der Waals surface area contributed by atoms with E-state index in [-0.39, 0.29) is 35.2 Å².